The summed E-state index contributed by atoms with van der Waals surface area (Å²) in [5, 5.41) is 21.0. The fourth-order valence-corrected chi connectivity index (χ4v) is 3.47. The van der Waals surface area contributed by atoms with E-state index in [1.165, 1.54) is 6.07 Å². The van der Waals surface area contributed by atoms with Crippen LogP contribution in [0.3, 0.4) is 0 Å². The molecule has 3 aromatic rings. The van der Waals surface area contributed by atoms with Gasteiger partial charge in [0.05, 0.1) is 5.56 Å². The van der Waals surface area contributed by atoms with E-state index in [0.29, 0.717) is 16.9 Å². The van der Waals surface area contributed by atoms with E-state index >= 15 is 0 Å². The maximum Gasteiger partial charge on any atom is 0.252 e. The summed E-state index contributed by atoms with van der Waals surface area (Å²) in [6.45, 7) is -0.147. The van der Waals surface area contributed by atoms with Crippen LogP contribution >= 0.6 is 0 Å². The van der Waals surface area contributed by atoms with Crippen LogP contribution in [0.4, 0.5) is 0 Å². The van der Waals surface area contributed by atoms with Crippen molar-refractivity contribution in [3.8, 4) is 0 Å². The van der Waals surface area contributed by atoms with Crippen molar-refractivity contribution in [1.29, 1.82) is 0 Å². The standard InChI is InChI=1S/C18H19N5O3/c1-23-15(9-24)21-22-17(23)10-6-11(7-10)19-18(26)13-8-16(25)20-14-5-3-2-4-12(13)14/h2-5,8,10-11,24H,6-7,9H2,1H3,(H,19,26)(H,20,25). The second kappa shape index (κ2) is 6.38. The number of hydrogen-bond acceptors (Lipinski definition) is 5. The number of aromatic amines is 1. The Hall–Kier alpha value is -3.00. The smallest absolute Gasteiger partial charge is 0.252 e. The van der Waals surface area contributed by atoms with Crippen LogP contribution in [-0.4, -0.2) is 36.8 Å². The molecule has 0 unspecified atom stereocenters. The van der Waals surface area contributed by atoms with Crippen molar-refractivity contribution in [2.45, 2.75) is 31.4 Å². The molecule has 0 atom stereocenters. The van der Waals surface area contributed by atoms with Crippen LogP contribution in [-0.2, 0) is 13.7 Å². The first-order valence-corrected chi connectivity index (χ1v) is 8.48. The van der Waals surface area contributed by atoms with E-state index in [4.69, 9.17) is 0 Å². The lowest BCUT2D eigenvalue weighted by Gasteiger charge is -2.35. The van der Waals surface area contributed by atoms with Gasteiger partial charge in [0, 0.05) is 36.0 Å². The van der Waals surface area contributed by atoms with Crippen molar-refractivity contribution >= 4 is 16.8 Å². The monoisotopic (exact) mass is 353 g/mol. The molecule has 0 bridgehead atoms. The molecule has 0 spiro atoms. The van der Waals surface area contributed by atoms with Crippen molar-refractivity contribution in [3.05, 3.63) is 57.9 Å². The van der Waals surface area contributed by atoms with Crippen LogP contribution in [0.25, 0.3) is 10.9 Å². The van der Waals surface area contributed by atoms with Gasteiger partial charge in [-0.2, -0.15) is 0 Å². The van der Waals surface area contributed by atoms with Gasteiger partial charge in [0.25, 0.3) is 5.91 Å². The van der Waals surface area contributed by atoms with Gasteiger partial charge in [-0.05, 0) is 18.9 Å². The molecule has 0 radical (unpaired) electrons. The summed E-state index contributed by atoms with van der Waals surface area (Å²) in [7, 11) is 1.83. The summed E-state index contributed by atoms with van der Waals surface area (Å²) >= 11 is 0. The van der Waals surface area contributed by atoms with Crippen molar-refractivity contribution in [3.63, 3.8) is 0 Å². The number of aliphatic hydroxyl groups excluding tert-OH is 1. The summed E-state index contributed by atoms with van der Waals surface area (Å²) in [5.74, 6) is 1.31. The Balaban J connectivity index is 1.47. The van der Waals surface area contributed by atoms with Gasteiger partial charge in [-0.1, -0.05) is 18.2 Å². The number of carbonyl (C=O) groups is 1. The maximum atomic E-state index is 12.6. The summed E-state index contributed by atoms with van der Waals surface area (Å²) in [4.78, 5) is 27.2. The molecule has 2 heterocycles. The lowest BCUT2D eigenvalue weighted by Crippen LogP contribution is -2.44. The van der Waals surface area contributed by atoms with Gasteiger partial charge in [-0.25, -0.2) is 0 Å². The predicted octanol–water partition coefficient (Wildman–Crippen LogP) is 0.825. The SMILES string of the molecule is Cn1c(CO)nnc1C1CC(NC(=O)c2cc(=O)[nH]c3ccccc23)C1. The number of aliphatic hydroxyl groups is 1. The normalized spacial score (nSPS) is 19.3. The minimum Gasteiger partial charge on any atom is -0.388 e. The Morgan fingerprint density at radius 1 is 1.35 bits per heavy atom. The molecule has 1 fully saturated rings. The highest BCUT2D eigenvalue weighted by Gasteiger charge is 2.35. The molecule has 1 aliphatic carbocycles. The third-order valence-electron chi connectivity index (χ3n) is 4.97. The zero-order valence-electron chi connectivity index (χ0n) is 14.3. The van der Waals surface area contributed by atoms with Crippen LogP contribution in [0, 0.1) is 0 Å². The van der Waals surface area contributed by atoms with Gasteiger partial charge < -0.3 is 20.0 Å². The van der Waals surface area contributed by atoms with Gasteiger partial charge in [-0.15, -0.1) is 10.2 Å². The lowest BCUT2D eigenvalue weighted by atomic mass is 9.79. The van der Waals surface area contributed by atoms with E-state index in [2.05, 4.69) is 20.5 Å². The molecular weight excluding hydrogens is 334 g/mol. The number of carbonyl (C=O) groups excluding carboxylic acids is 1. The van der Waals surface area contributed by atoms with E-state index in [1.807, 2.05) is 25.2 Å². The minimum atomic E-state index is -0.295. The largest absolute Gasteiger partial charge is 0.388 e. The highest BCUT2D eigenvalue weighted by atomic mass is 16.3. The molecule has 3 N–H and O–H groups in total. The zero-order valence-corrected chi connectivity index (χ0v) is 14.3. The van der Waals surface area contributed by atoms with Crippen LogP contribution in [0.5, 0.6) is 0 Å². The number of nitrogens with one attached hydrogen (secondary N) is 2. The third-order valence-corrected chi connectivity index (χ3v) is 4.97. The fraction of sp³-hybridized carbons (Fsp3) is 0.333. The summed E-state index contributed by atoms with van der Waals surface area (Å²) in [6, 6.07) is 8.62. The first-order valence-electron chi connectivity index (χ1n) is 8.48. The van der Waals surface area contributed by atoms with Gasteiger partial charge in [-0.3, -0.25) is 9.59 Å². The lowest BCUT2D eigenvalue weighted by molar-refractivity contribution is 0.0908. The maximum absolute atomic E-state index is 12.6. The second-order valence-corrected chi connectivity index (χ2v) is 6.62. The van der Waals surface area contributed by atoms with E-state index < -0.39 is 0 Å². The molecule has 134 valence electrons. The topological polar surface area (TPSA) is 113 Å². The summed E-state index contributed by atoms with van der Waals surface area (Å²) in [6.07, 6.45) is 1.51. The molecule has 1 aromatic carbocycles. The molecular formula is C18H19N5O3. The zero-order chi connectivity index (χ0) is 18.3. The Morgan fingerprint density at radius 2 is 2.12 bits per heavy atom. The highest BCUT2D eigenvalue weighted by Crippen LogP contribution is 2.36. The number of aromatic nitrogens is 4. The Bertz CT molecular complexity index is 1030. The molecule has 8 nitrogen and oxygen atoms in total. The van der Waals surface area contributed by atoms with E-state index in [0.717, 1.165) is 24.1 Å². The molecule has 0 saturated heterocycles. The van der Waals surface area contributed by atoms with Crippen LogP contribution in [0.15, 0.2) is 35.1 Å². The average molecular weight is 353 g/mol. The fourth-order valence-electron chi connectivity index (χ4n) is 3.47. The number of H-pyrrole nitrogens is 1. The highest BCUT2D eigenvalue weighted by molar-refractivity contribution is 6.06. The van der Waals surface area contributed by atoms with Crippen molar-refractivity contribution < 1.29 is 9.90 Å². The van der Waals surface area contributed by atoms with Gasteiger partial charge in [0.2, 0.25) is 5.56 Å². The van der Waals surface area contributed by atoms with Gasteiger partial charge >= 0.3 is 0 Å². The molecule has 8 heteroatoms. The molecule has 2 aromatic heterocycles. The molecule has 1 aliphatic rings. The number of para-hydroxylation sites is 1. The number of pyridine rings is 1. The Morgan fingerprint density at radius 3 is 2.85 bits per heavy atom. The first-order chi connectivity index (χ1) is 12.6. The Labute approximate surface area is 148 Å². The van der Waals surface area contributed by atoms with Crippen molar-refractivity contribution in [2.24, 2.45) is 7.05 Å². The van der Waals surface area contributed by atoms with E-state index in [9.17, 15) is 14.7 Å². The van der Waals surface area contributed by atoms with E-state index in [-0.39, 0.29) is 30.0 Å². The number of rotatable bonds is 4. The first kappa shape index (κ1) is 16.5. The average Bonchev–Trinajstić information content (AvgIpc) is 2.97. The van der Waals surface area contributed by atoms with E-state index in [1.54, 1.807) is 10.6 Å². The number of benzene rings is 1. The second-order valence-electron chi connectivity index (χ2n) is 6.62. The van der Waals surface area contributed by atoms with Crippen LogP contribution < -0.4 is 10.9 Å². The number of nitrogens with zero attached hydrogens (tertiary/aromatic N) is 3. The third kappa shape index (κ3) is 2.78. The Kier molecular flexibility index (Phi) is 4.04. The quantitative estimate of drug-likeness (QED) is 0.643. The van der Waals surface area contributed by atoms with Crippen molar-refractivity contribution in [2.75, 3.05) is 0 Å². The molecule has 26 heavy (non-hydrogen) atoms. The molecule has 0 aliphatic heterocycles. The van der Waals surface area contributed by atoms with Crippen LogP contribution in [0.1, 0.15) is 40.8 Å². The van der Waals surface area contributed by atoms with Gasteiger partial charge in [0.15, 0.2) is 5.82 Å². The molecule has 1 amide bonds. The predicted molar refractivity (Wildman–Crippen MR) is 94.7 cm³/mol. The number of fused-ring (bicyclic) bond motifs is 1. The summed E-state index contributed by atoms with van der Waals surface area (Å²) < 4.78 is 1.80. The number of hydrogen-bond donors (Lipinski definition) is 3. The van der Waals surface area contributed by atoms with Crippen molar-refractivity contribution in [1.82, 2.24) is 25.1 Å². The van der Waals surface area contributed by atoms with Gasteiger partial charge in [0.1, 0.15) is 12.4 Å². The molecule has 1 saturated carbocycles. The number of amides is 1. The molecule has 4 rings (SSSR count). The summed E-state index contributed by atoms with van der Waals surface area (Å²) in [5.41, 5.74) is 0.734. The van der Waals surface area contributed by atoms with Crippen LogP contribution in [0.2, 0.25) is 0 Å². The minimum absolute atomic E-state index is 0.0276.